The van der Waals surface area contributed by atoms with Gasteiger partial charge in [-0.1, -0.05) is 0 Å². The van der Waals surface area contributed by atoms with Crippen molar-refractivity contribution in [1.82, 2.24) is 9.97 Å². The highest BCUT2D eigenvalue weighted by Gasteiger charge is 2.48. The topological polar surface area (TPSA) is 78.4 Å². The monoisotopic (exact) mass is 320 g/mol. The molecule has 1 aromatic carbocycles. The van der Waals surface area contributed by atoms with Gasteiger partial charge in [0.15, 0.2) is 5.75 Å². The molecule has 10 heteroatoms. The van der Waals surface area contributed by atoms with Crippen molar-refractivity contribution >= 4 is 10.1 Å². The van der Waals surface area contributed by atoms with Crippen molar-refractivity contribution in [2.45, 2.75) is 5.51 Å². The minimum absolute atomic E-state index is 0.251. The summed E-state index contributed by atoms with van der Waals surface area (Å²) < 4.78 is 67.2. The number of hydrogen-bond donors (Lipinski definition) is 0. The van der Waals surface area contributed by atoms with E-state index in [2.05, 4.69) is 14.2 Å². The lowest BCUT2D eigenvalue weighted by atomic mass is 10.3. The van der Waals surface area contributed by atoms with Crippen LogP contribution in [0.2, 0.25) is 0 Å². The maximum Gasteiger partial charge on any atom is 0.534 e. The van der Waals surface area contributed by atoms with Crippen molar-refractivity contribution in [3.8, 4) is 17.2 Å². The SMILES string of the molecule is O=S(=O)(Oc1ccc(Oc2cncnc2)cc1)C(F)(F)F. The first-order valence-electron chi connectivity index (χ1n) is 5.31. The van der Waals surface area contributed by atoms with Crippen molar-refractivity contribution in [3.05, 3.63) is 43.0 Å². The number of rotatable bonds is 4. The van der Waals surface area contributed by atoms with Gasteiger partial charge in [-0.3, -0.25) is 0 Å². The molecule has 0 saturated heterocycles. The third-order valence-electron chi connectivity index (χ3n) is 2.09. The van der Waals surface area contributed by atoms with E-state index in [0.717, 1.165) is 12.1 Å². The molecule has 2 rings (SSSR count). The molecule has 0 fully saturated rings. The lowest BCUT2D eigenvalue weighted by Crippen LogP contribution is -2.27. The van der Waals surface area contributed by atoms with E-state index in [9.17, 15) is 21.6 Å². The first-order valence-corrected chi connectivity index (χ1v) is 6.72. The minimum atomic E-state index is -5.68. The number of nitrogens with zero attached hydrogens (tertiary/aromatic N) is 2. The average molecular weight is 320 g/mol. The summed E-state index contributed by atoms with van der Waals surface area (Å²) in [7, 11) is -5.68. The highest BCUT2D eigenvalue weighted by molar-refractivity contribution is 7.87. The number of ether oxygens (including phenoxy) is 1. The molecule has 6 nitrogen and oxygen atoms in total. The largest absolute Gasteiger partial charge is 0.534 e. The number of halogens is 3. The number of aromatic nitrogens is 2. The van der Waals surface area contributed by atoms with Crippen LogP contribution in [0.3, 0.4) is 0 Å². The van der Waals surface area contributed by atoms with Crippen molar-refractivity contribution in [3.63, 3.8) is 0 Å². The van der Waals surface area contributed by atoms with Gasteiger partial charge in [0.2, 0.25) is 0 Å². The molecule has 2 aromatic rings. The van der Waals surface area contributed by atoms with Gasteiger partial charge in [0.25, 0.3) is 0 Å². The van der Waals surface area contributed by atoms with E-state index in [1.54, 1.807) is 0 Å². The molecule has 0 amide bonds. The van der Waals surface area contributed by atoms with E-state index >= 15 is 0 Å². The van der Waals surface area contributed by atoms with Gasteiger partial charge in [-0.25, -0.2) is 9.97 Å². The summed E-state index contributed by atoms with van der Waals surface area (Å²) in [4.78, 5) is 7.42. The maximum atomic E-state index is 12.1. The molecule has 0 spiro atoms. The first kappa shape index (κ1) is 15.0. The molecule has 0 unspecified atom stereocenters. The standard InChI is InChI=1S/C11H7F3N2O4S/c12-11(13,14)21(17,18)20-9-3-1-8(2-4-9)19-10-5-15-7-16-6-10/h1-7H. The molecule has 0 aliphatic rings. The van der Waals surface area contributed by atoms with E-state index in [1.165, 1.54) is 30.9 Å². The zero-order chi connectivity index (χ0) is 15.5. The number of hydrogen-bond acceptors (Lipinski definition) is 6. The second-order valence-corrected chi connectivity index (χ2v) is 5.17. The summed E-state index contributed by atoms with van der Waals surface area (Å²) in [5, 5.41) is 0. The van der Waals surface area contributed by atoms with Gasteiger partial charge in [0.05, 0.1) is 12.4 Å². The van der Waals surface area contributed by atoms with Crippen LogP contribution in [0.15, 0.2) is 43.0 Å². The molecular formula is C11H7F3N2O4S. The molecule has 0 aliphatic heterocycles. The maximum absolute atomic E-state index is 12.1. The molecule has 0 aliphatic carbocycles. The van der Waals surface area contributed by atoms with Gasteiger partial charge in [-0.05, 0) is 24.3 Å². The first-order chi connectivity index (χ1) is 9.78. The van der Waals surface area contributed by atoms with Gasteiger partial charge < -0.3 is 8.92 Å². The van der Waals surface area contributed by atoms with Crippen LogP contribution in [0.25, 0.3) is 0 Å². The lowest BCUT2D eigenvalue weighted by Gasteiger charge is -2.10. The van der Waals surface area contributed by atoms with Crippen LogP contribution < -0.4 is 8.92 Å². The van der Waals surface area contributed by atoms with Gasteiger partial charge in [-0.2, -0.15) is 21.6 Å². The molecule has 0 atom stereocenters. The van der Waals surface area contributed by atoms with Gasteiger partial charge in [0, 0.05) is 0 Å². The molecule has 0 bridgehead atoms. The van der Waals surface area contributed by atoms with Gasteiger partial charge in [0.1, 0.15) is 17.8 Å². The third kappa shape index (κ3) is 3.81. The van der Waals surface area contributed by atoms with E-state index in [4.69, 9.17) is 4.74 Å². The van der Waals surface area contributed by atoms with Crippen LogP contribution in [0.4, 0.5) is 13.2 Å². The Morgan fingerprint density at radius 2 is 1.43 bits per heavy atom. The van der Waals surface area contributed by atoms with Gasteiger partial charge >= 0.3 is 15.6 Å². The Bertz CT molecular complexity index is 702. The Morgan fingerprint density at radius 1 is 0.905 bits per heavy atom. The van der Waals surface area contributed by atoms with Crippen LogP contribution in [0.5, 0.6) is 17.2 Å². The fourth-order valence-electron chi connectivity index (χ4n) is 1.21. The van der Waals surface area contributed by atoms with Crippen molar-refractivity contribution < 1.29 is 30.5 Å². The molecule has 21 heavy (non-hydrogen) atoms. The minimum Gasteiger partial charge on any atom is -0.454 e. The molecule has 0 radical (unpaired) electrons. The Balaban J connectivity index is 2.10. The van der Waals surface area contributed by atoms with E-state index < -0.39 is 21.4 Å². The molecule has 0 saturated carbocycles. The van der Waals surface area contributed by atoms with Crippen molar-refractivity contribution in [1.29, 1.82) is 0 Å². The fraction of sp³-hybridized carbons (Fsp3) is 0.0909. The summed E-state index contributed by atoms with van der Waals surface area (Å²) in [5.74, 6) is 0.0830. The fourth-order valence-corrected chi connectivity index (χ4v) is 1.67. The zero-order valence-electron chi connectivity index (χ0n) is 10.1. The Morgan fingerprint density at radius 3 is 1.95 bits per heavy atom. The second-order valence-electron chi connectivity index (χ2n) is 3.63. The quantitative estimate of drug-likeness (QED) is 0.636. The van der Waals surface area contributed by atoms with Crippen LogP contribution >= 0.6 is 0 Å². The smallest absolute Gasteiger partial charge is 0.454 e. The van der Waals surface area contributed by atoms with Crippen LogP contribution in [-0.4, -0.2) is 23.9 Å². The Kier molecular flexibility index (Phi) is 3.98. The van der Waals surface area contributed by atoms with E-state index in [1.807, 2.05) is 0 Å². The summed E-state index contributed by atoms with van der Waals surface area (Å²) in [6.45, 7) is 0. The number of benzene rings is 1. The lowest BCUT2D eigenvalue weighted by molar-refractivity contribution is -0.0500. The van der Waals surface area contributed by atoms with Crippen LogP contribution in [-0.2, 0) is 10.1 Å². The third-order valence-corrected chi connectivity index (χ3v) is 3.06. The van der Waals surface area contributed by atoms with Crippen molar-refractivity contribution in [2.75, 3.05) is 0 Å². The van der Waals surface area contributed by atoms with Crippen LogP contribution in [0, 0.1) is 0 Å². The Labute approximate surface area is 117 Å². The second kappa shape index (κ2) is 5.56. The predicted molar refractivity (Wildman–Crippen MR) is 64.2 cm³/mol. The molecule has 112 valence electrons. The van der Waals surface area contributed by atoms with Crippen molar-refractivity contribution in [2.24, 2.45) is 0 Å². The molecule has 1 heterocycles. The highest BCUT2D eigenvalue weighted by Crippen LogP contribution is 2.28. The van der Waals surface area contributed by atoms with E-state index in [-0.39, 0.29) is 5.75 Å². The normalized spacial score (nSPS) is 12.0. The average Bonchev–Trinajstić information content (AvgIpc) is 2.41. The highest BCUT2D eigenvalue weighted by atomic mass is 32.2. The Hall–Kier alpha value is -2.36. The molecular weight excluding hydrogens is 313 g/mol. The molecule has 0 N–H and O–H groups in total. The summed E-state index contributed by atoms with van der Waals surface area (Å²) in [6, 6.07) is 4.55. The van der Waals surface area contributed by atoms with E-state index in [0.29, 0.717) is 5.75 Å². The number of alkyl halides is 3. The van der Waals surface area contributed by atoms with Crippen LogP contribution in [0.1, 0.15) is 0 Å². The summed E-state index contributed by atoms with van der Waals surface area (Å²) in [6.07, 6.45) is 4.06. The predicted octanol–water partition coefficient (Wildman–Crippen LogP) is 2.50. The summed E-state index contributed by atoms with van der Waals surface area (Å²) >= 11 is 0. The summed E-state index contributed by atoms with van der Waals surface area (Å²) in [5.41, 5.74) is -5.48. The van der Waals surface area contributed by atoms with Gasteiger partial charge in [-0.15, -0.1) is 0 Å². The molecule has 1 aromatic heterocycles. The zero-order valence-corrected chi connectivity index (χ0v) is 10.9.